The number of amides is 1. The van der Waals surface area contributed by atoms with Crippen molar-refractivity contribution in [2.45, 2.75) is 31.8 Å². The number of halogens is 2. The fraction of sp³-hybridized carbons (Fsp3) is 0.611. The summed E-state index contributed by atoms with van der Waals surface area (Å²) in [7, 11) is 1.99. The van der Waals surface area contributed by atoms with Gasteiger partial charge in [0.1, 0.15) is 11.6 Å². The summed E-state index contributed by atoms with van der Waals surface area (Å²) in [6.45, 7) is 5.03. The van der Waals surface area contributed by atoms with Crippen LogP contribution < -0.4 is 10.6 Å². The zero-order valence-electron chi connectivity index (χ0n) is 16.2. The molecule has 1 aliphatic heterocycles. The highest BCUT2D eigenvalue weighted by Crippen LogP contribution is 2.40. The number of hydrogen-bond donors (Lipinski definition) is 2. The van der Waals surface area contributed by atoms with Gasteiger partial charge in [-0.15, -0.1) is 24.8 Å². The second-order valence-corrected chi connectivity index (χ2v) is 7.37. The summed E-state index contributed by atoms with van der Waals surface area (Å²) < 4.78 is 3.97. The lowest BCUT2D eigenvalue weighted by Crippen LogP contribution is -2.49. The molecule has 0 spiro atoms. The molecule has 2 aliphatic rings. The molecule has 2 aromatic heterocycles. The van der Waals surface area contributed by atoms with E-state index in [0.717, 1.165) is 31.3 Å². The van der Waals surface area contributed by atoms with E-state index in [1.165, 1.54) is 12.8 Å². The summed E-state index contributed by atoms with van der Waals surface area (Å²) in [6, 6.07) is 2.31. The summed E-state index contributed by atoms with van der Waals surface area (Å²) >= 11 is 0. The Labute approximate surface area is 177 Å². The van der Waals surface area contributed by atoms with Crippen LogP contribution in [0.3, 0.4) is 0 Å². The fourth-order valence-corrected chi connectivity index (χ4v) is 3.77. The van der Waals surface area contributed by atoms with Gasteiger partial charge in [0.05, 0.1) is 24.8 Å². The van der Waals surface area contributed by atoms with Gasteiger partial charge in [-0.25, -0.2) is 9.67 Å². The molecule has 4 rings (SSSR count). The summed E-state index contributed by atoms with van der Waals surface area (Å²) in [6.07, 6.45) is 8.01. The van der Waals surface area contributed by atoms with Crippen LogP contribution in [0.4, 0.5) is 5.82 Å². The topological polar surface area (TPSA) is 80.0 Å². The predicted octanol–water partition coefficient (Wildman–Crippen LogP) is 2.02. The highest BCUT2D eigenvalue weighted by Gasteiger charge is 2.31. The molecule has 2 aromatic rings. The maximum Gasteiger partial charge on any atom is 0.239 e. The van der Waals surface area contributed by atoms with Crippen molar-refractivity contribution in [2.75, 3.05) is 31.5 Å². The standard InChI is InChI=1S/C18H27N7O.2ClH/c1-13(14-3-4-14)25-16(5-6-21-25)22-17(26)12-24-10-7-19-11-15(24)18-20-8-9-23(18)2;;/h5-6,8-9,13-15,19H,3-4,7,10-12H2,1-2H3,(H,22,26);2*1H. The minimum atomic E-state index is -0.00384. The van der Waals surface area contributed by atoms with Gasteiger partial charge < -0.3 is 15.2 Å². The maximum absolute atomic E-state index is 12.7. The molecule has 28 heavy (non-hydrogen) atoms. The Morgan fingerprint density at radius 1 is 1.36 bits per heavy atom. The average molecular weight is 430 g/mol. The zero-order chi connectivity index (χ0) is 18.1. The van der Waals surface area contributed by atoms with E-state index < -0.39 is 0 Å². The molecule has 1 saturated carbocycles. The minimum Gasteiger partial charge on any atom is -0.337 e. The summed E-state index contributed by atoms with van der Waals surface area (Å²) in [4.78, 5) is 19.4. The number of nitrogens with zero attached hydrogens (tertiary/aromatic N) is 5. The third kappa shape index (κ3) is 4.86. The van der Waals surface area contributed by atoms with Crippen molar-refractivity contribution in [3.05, 3.63) is 30.5 Å². The number of hydrogen-bond acceptors (Lipinski definition) is 5. The minimum absolute atomic E-state index is 0. The molecule has 1 saturated heterocycles. The molecule has 0 bridgehead atoms. The quantitative estimate of drug-likeness (QED) is 0.733. The van der Waals surface area contributed by atoms with Crippen molar-refractivity contribution in [2.24, 2.45) is 13.0 Å². The largest absolute Gasteiger partial charge is 0.337 e. The normalized spacial score (nSPS) is 20.7. The van der Waals surface area contributed by atoms with Gasteiger partial charge in [-0.1, -0.05) is 0 Å². The van der Waals surface area contributed by atoms with Crippen LogP contribution >= 0.6 is 24.8 Å². The van der Waals surface area contributed by atoms with Gasteiger partial charge in [0, 0.05) is 45.1 Å². The maximum atomic E-state index is 12.7. The number of rotatable bonds is 6. The van der Waals surface area contributed by atoms with Gasteiger partial charge in [0.2, 0.25) is 5.91 Å². The van der Waals surface area contributed by atoms with Crippen molar-refractivity contribution in [3.63, 3.8) is 0 Å². The summed E-state index contributed by atoms with van der Waals surface area (Å²) in [5.74, 6) is 2.46. The molecule has 2 fully saturated rings. The molecule has 2 N–H and O–H groups in total. The third-order valence-corrected chi connectivity index (χ3v) is 5.49. The summed E-state index contributed by atoms with van der Waals surface area (Å²) in [5.41, 5.74) is 0. The van der Waals surface area contributed by atoms with Crippen molar-refractivity contribution in [3.8, 4) is 0 Å². The number of carbonyl (C=O) groups is 1. The first-order valence-corrected chi connectivity index (χ1v) is 9.39. The van der Waals surface area contributed by atoms with Gasteiger partial charge in [0.25, 0.3) is 0 Å². The molecular formula is C18H29Cl2N7O. The Balaban J connectivity index is 0.00000140. The van der Waals surface area contributed by atoms with E-state index in [0.29, 0.717) is 18.5 Å². The number of piperazine rings is 1. The number of nitrogens with one attached hydrogen (secondary N) is 2. The van der Waals surface area contributed by atoms with E-state index in [-0.39, 0.29) is 36.8 Å². The van der Waals surface area contributed by atoms with Crippen LogP contribution in [0.1, 0.15) is 37.7 Å². The van der Waals surface area contributed by atoms with Crippen LogP contribution in [0.5, 0.6) is 0 Å². The van der Waals surface area contributed by atoms with Crippen LogP contribution in [0, 0.1) is 5.92 Å². The second-order valence-electron chi connectivity index (χ2n) is 7.37. The first-order chi connectivity index (χ1) is 12.6. The molecule has 2 atom stereocenters. The molecular weight excluding hydrogens is 401 g/mol. The smallest absolute Gasteiger partial charge is 0.239 e. The molecule has 1 aliphatic carbocycles. The molecule has 2 unspecified atom stereocenters. The average Bonchev–Trinajstić information content (AvgIpc) is 3.24. The van der Waals surface area contributed by atoms with Crippen LogP contribution in [0.15, 0.2) is 24.7 Å². The molecule has 3 heterocycles. The van der Waals surface area contributed by atoms with Gasteiger partial charge in [-0.2, -0.15) is 5.10 Å². The lowest BCUT2D eigenvalue weighted by molar-refractivity contribution is -0.118. The van der Waals surface area contributed by atoms with E-state index in [2.05, 4.69) is 32.5 Å². The highest BCUT2D eigenvalue weighted by atomic mass is 35.5. The number of anilines is 1. The summed E-state index contributed by atoms with van der Waals surface area (Å²) in [5, 5.41) is 10.9. The van der Waals surface area contributed by atoms with E-state index >= 15 is 0 Å². The van der Waals surface area contributed by atoms with Crippen molar-refractivity contribution < 1.29 is 4.79 Å². The Kier molecular flexibility index (Phi) is 7.88. The van der Waals surface area contributed by atoms with Crippen LogP contribution in [0.2, 0.25) is 0 Å². The first kappa shape index (κ1) is 22.7. The van der Waals surface area contributed by atoms with E-state index in [9.17, 15) is 4.79 Å². The molecule has 0 aromatic carbocycles. The molecule has 8 nitrogen and oxygen atoms in total. The SMILES string of the molecule is CC(C1CC1)n1nccc1NC(=O)CN1CCNCC1c1nccn1C.Cl.Cl. The van der Waals surface area contributed by atoms with Crippen LogP contribution in [-0.4, -0.2) is 56.3 Å². The Morgan fingerprint density at radius 2 is 2.14 bits per heavy atom. The highest BCUT2D eigenvalue weighted by molar-refractivity contribution is 5.91. The van der Waals surface area contributed by atoms with E-state index in [4.69, 9.17) is 0 Å². The van der Waals surface area contributed by atoms with Crippen molar-refractivity contribution >= 4 is 36.5 Å². The van der Waals surface area contributed by atoms with Crippen LogP contribution in [0.25, 0.3) is 0 Å². The van der Waals surface area contributed by atoms with E-state index in [1.807, 2.05) is 28.6 Å². The zero-order valence-corrected chi connectivity index (χ0v) is 17.9. The number of carbonyl (C=O) groups excluding carboxylic acids is 1. The van der Waals surface area contributed by atoms with Gasteiger partial charge in [-0.05, 0) is 25.7 Å². The van der Waals surface area contributed by atoms with Crippen molar-refractivity contribution in [1.82, 2.24) is 29.5 Å². The van der Waals surface area contributed by atoms with E-state index in [1.54, 1.807) is 12.4 Å². The van der Waals surface area contributed by atoms with Crippen molar-refractivity contribution in [1.29, 1.82) is 0 Å². The van der Waals surface area contributed by atoms with Gasteiger partial charge in [0.15, 0.2) is 0 Å². The number of aryl methyl sites for hydroxylation is 1. The third-order valence-electron chi connectivity index (χ3n) is 5.49. The lowest BCUT2D eigenvalue weighted by Gasteiger charge is -2.35. The predicted molar refractivity (Wildman–Crippen MR) is 113 cm³/mol. The fourth-order valence-electron chi connectivity index (χ4n) is 3.77. The Hall–Kier alpha value is -1.61. The van der Waals surface area contributed by atoms with Crippen LogP contribution in [-0.2, 0) is 11.8 Å². The molecule has 0 radical (unpaired) electrons. The second kappa shape index (κ2) is 9.73. The number of aromatic nitrogens is 4. The van der Waals surface area contributed by atoms with Gasteiger partial charge in [-0.3, -0.25) is 9.69 Å². The van der Waals surface area contributed by atoms with Gasteiger partial charge >= 0.3 is 0 Å². The lowest BCUT2D eigenvalue weighted by atomic mass is 10.1. The Morgan fingerprint density at radius 3 is 2.82 bits per heavy atom. The molecule has 156 valence electrons. The molecule has 1 amide bonds. The number of imidazole rings is 1. The Bertz CT molecular complexity index is 774. The molecule has 10 heteroatoms. The first-order valence-electron chi connectivity index (χ1n) is 9.39. The monoisotopic (exact) mass is 429 g/mol.